The van der Waals surface area contributed by atoms with Gasteiger partial charge in [0.1, 0.15) is 11.9 Å². The average Bonchev–Trinajstić information content (AvgIpc) is 3.44. The van der Waals surface area contributed by atoms with Crippen molar-refractivity contribution in [2.75, 3.05) is 30.9 Å². The number of aromatic nitrogens is 4. The van der Waals surface area contributed by atoms with Gasteiger partial charge in [0.2, 0.25) is 5.95 Å². The molecule has 0 saturated carbocycles. The van der Waals surface area contributed by atoms with E-state index in [-0.39, 0.29) is 16.1 Å². The summed E-state index contributed by atoms with van der Waals surface area (Å²) < 4.78 is 14.2. The second-order valence-corrected chi connectivity index (χ2v) is 18.3. The third kappa shape index (κ3) is 6.64. The standard InChI is InChI=1S/C31H45N7O2Si/c1-21-15-26(38(37-21)14-12-30(5,6)39-8)36-28-33-13-11-25(35-28)22-16-23(18-32)27-24(17-22)31(7,19-34-27)20-40-41(9,10)29(2,3)4/h11,13,15-17,34H,12,14,19-20H2,1-10H3,(H,33,35,36)/t31-/m1/s1. The van der Waals surface area contributed by atoms with Gasteiger partial charge in [0.05, 0.1) is 28.2 Å². The monoisotopic (exact) mass is 575 g/mol. The summed E-state index contributed by atoms with van der Waals surface area (Å²) in [7, 11) is -0.217. The van der Waals surface area contributed by atoms with Crippen molar-refractivity contribution in [2.45, 2.75) is 90.6 Å². The maximum absolute atomic E-state index is 10.0. The molecule has 41 heavy (non-hydrogen) atoms. The van der Waals surface area contributed by atoms with Crippen molar-refractivity contribution in [3.05, 3.63) is 47.3 Å². The molecular weight excluding hydrogens is 530 g/mol. The van der Waals surface area contributed by atoms with Crippen LogP contribution in [0.5, 0.6) is 0 Å². The molecule has 1 atom stereocenters. The third-order valence-corrected chi connectivity index (χ3v) is 13.2. The highest BCUT2D eigenvalue weighted by molar-refractivity contribution is 6.74. The Morgan fingerprint density at radius 2 is 1.93 bits per heavy atom. The Balaban J connectivity index is 1.62. The van der Waals surface area contributed by atoms with Gasteiger partial charge < -0.3 is 19.8 Å². The maximum atomic E-state index is 10.0. The fraction of sp³-hybridized carbons (Fsp3) is 0.548. The van der Waals surface area contributed by atoms with E-state index in [4.69, 9.17) is 14.1 Å². The van der Waals surface area contributed by atoms with Crippen LogP contribution in [0.15, 0.2) is 30.5 Å². The van der Waals surface area contributed by atoms with Gasteiger partial charge in [0.15, 0.2) is 8.32 Å². The van der Waals surface area contributed by atoms with Crippen molar-refractivity contribution in [2.24, 2.45) is 0 Å². The number of rotatable bonds is 10. The number of nitrogens with zero attached hydrogens (tertiary/aromatic N) is 5. The van der Waals surface area contributed by atoms with Crippen LogP contribution in [0, 0.1) is 18.3 Å². The van der Waals surface area contributed by atoms with Gasteiger partial charge in [0.25, 0.3) is 0 Å². The summed E-state index contributed by atoms with van der Waals surface area (Å²) in [5, 5.41) is 21.6. The predicted octanol–water partition coefficient (Wildman–Crippen LogP) is 6.78. The molecule has 0 saturated heterocycles. The van der Waals surface area contributed by atoms with Gasteiger partial charge in [-0.2, -0.15) is 10.4 Å². The fourth-order valence-electron chi connectivity index (χ4n) is 4.60. The van der Waals surface area contributed by atoms with Crippen molar-refractivity contribution in [3.63, 3.8) is 0 Å². The summed E-state index contributed by atoms with van der Waals surface area (Å²) in [6.07, 6.45) is 2.54. The Morgan fingerprint density at radius 1 is 1.20 bits per heavy atom. The summed E-state index contributed by atoms with van der Waals surface area (Å²) in [5.41, 5.74) is 4.60. The topological polar surface area (TPSA) is 110 Å². The minimum atomic E-state index is -1.94. The number of anilines is 3. The molecule has 220 valence electrons. The molecule has 10 heteroatoms. The summed E-state index contributed by atoms with van der Waals surface area (Å²) in [5.74, 6) is 1.29. The molecule has 0 bridgehead atoms. The van der Waals surface area contributed by atoms with E-state index in [2.05, 4.69) is 87.5 Å². The summed E-state index contributed by atoms with van der Waals surface area (Å²) in [6.45, 7) is 21.6. The van der Waals surface area contributed by atoms with Crippen molar-refractivity contribution < 1.29 is 9.16 Å². The van der Waals surface area contributed by atoms with Crippen LogP contribution in [0.2, 0.25) is 18.1 Å². The van der Waals surface area contributed by atoms with Crippen LogP contribution >= 0.6 is 0 Å². The van der Waals surface area contributed by atoms with Crippen LogP contribution in [-0.4, -0.2) is 53.9 Å². The molecule has 1 aliphatic heterocycles. The van der Waals surface area contributed by atoms with Gasteiger partial charge in [-0.15, -0.1) is 0 Å². The first-order valence-corrected chi connectivity index (χ1v) is 17.1. The number of hydrogen-bond donors (Lipinski definition) is 2. The lowest BCUT2D eigenvalue weighted by molar-refractivity contribution is 0.0114. The maximum Gasteiger partial charge on any atom is 0.228 e. The zero-order valence-corrected chi connectivity index (χ0v) is 27.3. The van der Waals surface area contributed by atoms with Crippen LogP contribution in [0.4, 0.5) is 17.5 Å². The number of hydrogen-bond acceptors (Lipinski definition) is 8. The number of nitriles is 1. The Labute approximate surface area is 245 Å². The second kappa shape index (κ2) is 11.2. The van der Waals surface area contributed by atoms with Gasteiger partial charge >= 0.3 is 0 Å². The van der Waals surface area contributed by atoms with Gasteiger partial charge in [-0.25, -0.2) is 14.6 Å². The molecular formula is C31H45N7O2Si. The molecule has 3 aromatic rings. The molecule has 3 heterocycles. The van der Waals surface area contributed by atoms with Crippen molar-refractivity contribution in [3.8, 4) is 17.3 Å². The van der Waals surface area contributed by atoms with Gasteiger partial charge in [0, 0.05) is 50.0 Å². The molecule has 0 fully saturated rings. The number of aryl methyl sites for hydroxylation is 2. The van der Waals surface area contributed by atoms with Crippen LogP contribution in [0.3, 0.4) is 0 Å². The molecule has 0 radical (unpaired) electrons. The van der Waals surface area contributed by atoms with Crippen molar-refractivity contribution in [1.82, 2.24) is 19.7 Å². The Hall–Kier alpha value is -3.26. The number of fused-ring (bicyclic) bond motifs is 1. The van der Waals surface area contributed by atoms with E-state index < -0.39 is 8.32 Å². The molecule has 2 aromatic heterocycles. The third-order valence-electron chi connectivity index (χ3n) is 8.69. The fourth-order valence-corrected chi connectivity index (χ4v) is 5.71. The van der Waals surface area contributed by atoms with Crippen molar-refractivity contribution in [1.29, 1.82) is 5.26 Å². The Kier molecular flexibility index (Phi) is 8.38. The molecule has 1 aromatic carbocycles. The number of methoxy groups -OCH3 is 1. The predicted molar refractivity (Wildman–Crippen MR) is 167 cm³/mol. The largest absolute Gasteiger partial charge is 0.416 e. The number of ether oxygens (including phenoxy) is 1. The lowest BCUT2D eigenvalue weighted by atomic mass is 9.83. The Bertz CT molecular complexity index is 1450. The highest BCUT2D eigenvalue weighted by Crippen LogP contribution is 2.44. The van der Waals surface area contributed by atoms with E-state index in [1.54, 1.807) is 13.3 Å². The first-order valence-electron chi connectivity index (χ1n) is 14.2. The van der Waals surface area contributed by atoms with E-state index in [9.17, 15) is 5.26 Å². The lowest BCUT2D eigenvalue weighted by Crippen LogP contribution is -2.45. The quantitative estimate of drug-likeness (QED) is 0.255. The average molecular weight is 576 g/mol. The summed E-state index contributed by atoms with van der Waals surface area (Å²) >= 11 is 0. The number of benzene rings is 1. The van der Waals surface area contributed by atoms with Crippen LogP contribution in [0.25, 0.3) is 11.3 Å². The van der Waals surface area contributed by atoms with E-state index in [1.807, 2.05) is 29.8 Å². The highest BCUT2D eigenvalue weighted by Gasteiger charge is 2.42. The lowest BCUT2D eigenvalue weighted by Gasteiger charge is -2.39. The second-order valence-electron chi connectivity index (χ2n) is 13.5. The van der Waals surface area contributed by atoms with E-state index >= 15 is 0 Å². The molecule has 4 rings (SSSR count). The molecule has 0 spiro atoms. The van der Waals surface area contributed by atoms with Gasteiger partial charge in [-0.1, -0.05) is 27.7 Å². The van der Waals surface area contributed by atoms with Crippen molar-refractivity contribution >= 4 is 25.8 Å². The van der Waals surface area contributed by atoms with E-state index in [0.29, 0.717) is 24.7 Å². The SMILES string of the molecule is COC(C)(C)CCn1nc(C)cc1Nc1nccc(-c2cc(C#N)c3c(c2)[C@@](C)(CO[Si](C)(C)C(C)(C)C)CN3)n1. The van der Waals surface area contributed by atoms with Crippen LogP contribution in [0.1, 0.15) is 64.8 Å². The van der Waals surface area contributed by atoms with Crippen LogP contribution in [-0.2, 0) is 21.1 Å². The Morgan fingerprint density at radius 3 is 2.59 bits per heavy atom. The molecule has 0 amide bonds. The van der Waals surface area contributed by atoms with Gasteiger partial charge in [-0.05, 0) is 69.1 Å². The smallest absolute Gasteiger partial charge is 0.228 e. The first-order chi connectivity index (χ1) is 19.1. The first kappa shape index (κ1) is 30.7. The van der Waals surface area contributed by atoms with E-state index in [1.165, 1.54) is 0 Å². The van der Waals surface area contributed by atoms with Crippen LogP contribution < -0.4 is 10.6 Å². The zero-order valence-electron chi connectivity index (χ0n) is 26.3. The minimum Gasteiger partial charge on any atom is -0.416 e. The molecule has 0 aliphatic carbocycles. The van der Waals surface area contributed by atoms with Gasteiger partial charge in [-0.3, -0.25) is 0 Å². The molecule has 2 N–H and O–H groups in total. The summed E-state index contributed by atoms with van der Waals surface area (Å²) in [6, 6.07) is 10.3. The normalized spacial score (nSPS) is 17.2. The zero-order chi connectivity index (χ0) is 30.2. The summed E-state index contributed by atoms with van der Waals surface area (Å²) in [4.78, 5) is 9.32. The highest BCUT2D eigenvalue weighted by atomic mass is 28.4. The van der Waals surface area contributed by atoms with E-state index in [0.717, 1.165) is 47.0 Å². The molecule has 9 nitrogen and oxygen atoms in total. The molecule has 1 aliphatic rings. The minimum absolute atomic E-state index is 0.121. The molecule has 0 unspecified atom stereocenters. The number of nitrogens with one attached hydrogen (secondary N) is 2.